The second kappa shape index (κ2) is 6.60. The van der Waals surface area contributed by atoms with E-state index in [2.05, 4.69) is 10.3 Å². The molecule has 1 aromatic heterocycles. The lowest BCUT2D eigenvalue weighted by atomic mass is 10.2. The number of carboxylic acid groups (broad SMARTS) is 1. The van der Waals surface area contributed by atoms with Gasteiger partial charge in [-0.15, -0.1) is 0 Å². The first-order chi connectivity index (χ1) is 9.58. The van der Waals surface area contributed by atoms with Crippen molar-refractivity contribution in [2.75, 3.05) is 18.1 Å². The van der Waals surface area contributed by atoms with Crippen molar-refractivity contribution < 1.29 is 14.7 Å². The van der Waals surface area contributed by atoms with Gasteiger partial charge in [-0.3, -0.25) is 4.98 Å². The van der Waals surface area contributed by atoms with Crippen molar-refractivity contribution in [1.82, 2.24) is 15.2 Å². The zero-order valence-electron chi connectivity index (χ0n) is 11.2. The van der Waals surface area contributed by atoms with Crippen molar-refractivity contribution in [3.8, 4) is 0 Å². The molecule has 20 heavy (non-hydrogen) atoms. The molecule has 108 valence electrons. The molecular weight excluding hydrogens is 278 g/mol. The predicted octanol–water partition coefficient (Wildman–Crippen LogP) is 1.43. The number of rotatable bonds is 3. The van der Waals surface area contributed by atoms with Crippen molar-refractivity contribution in [3.05, 3.63) is 29.6 Å². The van der Waals surface area contributed by atoms with Gasteiger partial charge in [0.1, 0.15) is 0 Å². The number of thioether (sulfide) groups is 1. The van der Waals surface area contributed by atoms with E-state index in [1.807, 2.05) is 18.7 Å². The number of carbonyl (C=O) groups excluding carboxylic acids is 1. The zero-order chi connectivity index (χ0) is 14.5. The number of hydrogen-bond acceptors (Lipinski definition) is 4. The van der Waals surface area contributed by atoms with Crippen molar-refractivity contribution in [3.63, 3.8) is 0 Å². The van der Waals surface area contributed by atoms with Gasteiger partial charge in [0.05, 0.1) is 17.8 Å². The van der Waals surface area contributed by atoms with Crippen molar-refractivity contribution in [2.45, 2.75) is 19.5 Å². The molecular formula is C13H17N3O3S. The van der Waals surface area contributed by atoms with Crippen LogP contribution in [0.1, 0.15) is 23.0 Å². The minimum atomic E-state index is -0.998. The quantitative estimate of drug-likeness (QED) is 0.881. The lowest BCUT2D eigenvalue weighted by molar-refractivity contribution is 0.0696. The first-order valence-electron chi connectivity index (χ1n) is 6.38. The number of aromatic carboxylic acids is 1. The Kier molecular flexibility index (Phi) is 4.84. The van der Waals surface area contributed by atoms with E-state index in [-0.39, 0.29) is 24.2 Å². The second-order valence-electron chi connectivity index (χ2n) is 4.62. The van der Waals surface area contributed by atoms with E-state index in [4.69, 9.17) is 5.11 Å². The molecule has 1 aliphatic heterocycles. The zero-order valence-corrected chi connectivity index (χ0v) is 12.0. The summed E-state index contributed by atoms with van der Waals surface area (Å²) in [5.41, 5.74) is 0.712. The maximum atomic E-state index is 12.1. The third-order valence-electron chi connectivity index (χ3n) is 3.11. The van der Waals surface area contributed by atoms with Crippen molar-refractivity contribution in [1.29, 1.82) is 0 Å². The molecule has 0 bridgehead atoms. The lowest BCUT2D eigenvalue weighted by Gasteiger charge is -2.32. The molecule has 0 saturated carbocycles. The van der Waals surface area contributed by atoms with Crippen molar-refractivity contribution in [2.24, 2.45) is 0 Å². The van der Waals surface area contributed by atoms with E-state index >= 15 is 0 Å². The summed E-state index contributed by atoms with van der Waals surface area (Å²) in [6.07, 6.45) is 1.44. The number of pyridine rings is 1. The Morgan fingerprint density at radius 1 is 1.60 bits per heavy atom. The fraction of sp³-hybridized carbons (Fsp3) is 0.462. The van der Waals surface area contributed by atoms with Crippen LogP contribution in [0.2, 0.25) is 0 Å². The van der Waals surface area contributed by atoms with Crippen molar-refractivity contribution >= 4 is 23.8 Å². The van der Waals surface area contributed by atoms with Crippen LogP contribution < -0.4 is 5.32 Å². The van der Waals surface area contributed by atoms with Crippen LogP contribution in [-0.4, -0.2) is 51.1 Å². The summed E-state index contributed by atoms with van der Waals surface area (Å²) in [7, 11) is 0. The average molecular weight is 295 g/mol. The summed E-state index contributed by atoms with van der Waals surface area (Å²) in [5, 5.41) is 11.7. The van der Waals surface area contributed by atoms with Gasteiger partial charge < -0.3 is 15.3 Å². The lowest BCUT2D eigenvalue weighted by Crippen LogP contribution is -2.49. The third kappa shape index (κ3) is 3.63. The molecule has 0 aromatic carbocycles. The molecule has 6 nitrogen and oxygen atoms in total. The third-order valence-corrected chi connectivity index (χ3v) is 4.30. The smallest absolute Gasteiger partial charge is 0.335 e. The van der Waals surface area contributed by atoms with Gasteiger partial charge in [-0.25, -0.2) is 9.59 Å². The number of carbonyl (C=O) groups is 2. The second-order valence-corrected chi connectivity index (χ2v) is 5.77. The summed E-state index contributed by atoms with van der Waals surface area (Å²) in [6.45, 7) is 2.99. The highest BCUT2D eigenvalue weighted by Crippen LogP contribution is 2.15. The van der Waals surface area contributed by atoms with E-state index < -0.39 is 5.97 Å². The van der Waals surface area contributed by atoms with Gasteiger partial charge in [0, 0.05) is 30.3 Å². The van der Waals surface area contributed by atoms with Crippen LogP contribution in [0.25, 0.3) is 0 Å². The van der Waals surface area contributed by atoms with Crippen LogP contribution in [0.5, 0.6) is 0 Å². The van der Waals surface area contributed by atoms with Crippen LogP contribution in [0.4, 0.5) is 4.79 Å². The Morgan fingerprint density at radius 2 is 2.40 bits per heavy atom. The molecule has 7 heteroatoms. The molecule has 2 rings (SSSR count). The molecule has 1 unspecified atom stereocenters. The molecule has 1 aromatic rings. The maximum Gasteiger partial charge on any atom is 0.335 e. The Labute approximate surface area is 121 Å². The predicted molar refractivity (Wildman–Crippen MR) is 76.9 cm³/mol. The maximum absolute atomic E-state index is 12.1. The van der Waals surface area contributed by atoms with Gasteiger partial charge in [0.2, 0.25) is 0 Å². The number of amides is 2. The Hall–Kier alpha value is -1.76. The molecule has 0 radical (unpaired) electrons. The fourth-order valence-corrected chi connectivity index (χ4v) is 3.02. The molecule has 2 amide bonds. The Morgan fingerprint density at radius 3 is 3.10 bits per heavy atom. The number of nitrogens with zero attached hydrogens (tertiary/aromatic N) is 2. The molecule has 1 fully saturated rings. The summed E-state index contributed by atoms with van der Waals surface area (Å²) < 4.78 is 0. The van der Waals surface area contributed by atoms with Crippen LogP contribution in [0.3, 0.4) is 0 Å². The normalized spacial score (nSPS) is 18.6. The fourth-order valence-electron chi connectivity index (χ4n) is 2.00. The topological polar surface area (TPSA) is 82.5 Å². The standard InChI is InChI=1S/C13H17N3O3S/c1-9-8-20-5-4-16(9)13(19)15-7-11-6-10(12(17)18)2-3-14-11/h2-3,6,9H,4-5,7-8H2,1H3,(H,15,19)(H,17,18). The number of hydrogen-bond donors (Lipinski definition) is 2. The number of carboxylic acids is 1. The summed E-state index contributed by atoms with van der Waals surface area (Å²) in [4.78, 5) is 28.8. The van der Waals surface area contributed by atoms with Gasteiger partial charge in [-0.2, -0.15) is 11.8 Å². The van der Waals surface area contributed by atoms with Crippen LogP contribution in [0.15, 0.2) is 18.3 Å². The molecule has 2 N–H and O–H groups in total. The molecule has 1 saturated heterocycles. The summed E-state index contributed by atoms with van der Waals surface area (Å²) >= 11 is 1.84. The van der Waals surface area contributed by atoms with E-state index in [0.29, 0.717) is 5.69 Å². The van der Waals surface area contributed by atoms with E-state index in [1.165, 1.54) is 18.3 Å². The average Bonchev–Trinajstić information content (AvgIpc) is 2.45. The van der Waals surface area contributed by atoms with Crippen LogP contribution >= 0.6 is 11.8 Å². The highest BCUT2D eigenvalue weighted by Gasteiger charge is 2.23. The highest BCUT2D eigenvalue weighted by molar-refractivity contribution is 7.99. The minimum absolute atomic E-state index is 0.125. The summed E-state index contributed by atoms with van der Waals surface area (Å²) in [6, 6.07) is 2.99. The van der Waals surface area contributed by atoms with Gasteiger partial charge >= 0.3 is 12.0 Å². The molecule has 1 aliphatic rings. The molecule has 1 atom stereocenters. The monoisotopic (exact) mass is 295 g/mol. The first-order valence-corrected chi connectivity index (χ1v) is 7.54. The van der Waals surface area contributed by atoms with Crippen LogP contribution in [0, 0.1) is 0 Å². The van der Waals surface area contributed by atoms with Crippen LogP contribution in [-0.2, 0) is 6.54 Å². The van der Waals surface area contributed by atoms with E-state index in [9.17, 15) is 9.59 Å². The van der Waals surface area contributed by atoms with Gasteiger partial charge in [0.15, 0.2) is 0 Å². The molecule has 2 heterocycles. The SMILES string of the molecule is CC1CSCCN1C(=O)NCc1cc(C(=O)O)ccn1. The van der Waals surface area contributed by atoms with E-state index in [0.717, 1.165) is 18.1 Å². The van der Waals surface area contributed by atoms with Gasteiger partial charge in [-0.1, -0.05) is 0 Å². The van der Waals surface area contributed by atoms with E-state index in [1.54, 1.807) is 4.90 Å². The Balaban J connectivity index is 1.92. The first kappa shape index (κ1) is 14.6. The van der Waals surface area contributed by atoms with Gasteiger partial charge in [0.25, 0.3) is 0 Å². The Bertz CT molecular complexity index is 509. The number of nitrogens with one attached hydrogen (secondary N) is 1. The van der Waals surface area contributed by atoms with Gasteiger partial charge in [-0.05, 0) is 19.1 Å². The molecule has 0 aliphatic carbocycles. The number of urea groups is 1. The number of aromatic nitrogens is 1. The largest absolute Gasteiger partial charge is 0.478 e. The minimum Gasteiger partial charge on any atom is -0.478 e. The molecule has 0 spiro atoms. The summed E-state index contributed by atoms with van der Waals surface area (Å²) in [5.74, 6) is 0.895. The highest BCUT2D eigenvalue weighted by atomic mass is 32.2.